The van der Waals surface area contributed by atoms with Crippen LogP contribution >= 0.6 is 0 Å². The molecule has 0 aliphatic carbocycles. The van der Waals surface area contributed by atoms with Gasteiger partial charge in [0.15, 0.2) is 5.82 Å². The molecule has 0 N–H and O–H groups in total. The van der Waals surface area contributed by atoms with E-state index in [1.54, 1.807) is 6.20 Å². The van der Waals surface area contributed by atoms with Gasteiger partial charge in [-0.3, -0.25) is 9.97 Å². The van der Waals surface area contributed by atoms with E-state index >= 15 is 0 Å². The largest absolute Gasteiger partial charge is 0.264 e. The lowest BCUT2D eigenvalue weighted by Gasteiger charge is -2.12. The summed E-state index contributed by atoms with van der Waals surface area (Å²) in [4.78, 5) is 24.3. The number of hydrogen-bond acceptors (Lipinski definition) is 5. The van der Waals surface area contributed by atoms with Gasteiger partial charge in [0.05, 0.1) is 28.1 Å². The molecule has 0 aliphatic rings. The first-order valence-electron chi connectivity index (χ1n) is 17.0. The average molecular weight is 654 g/mol. The van der Waals surface area contributed by atoms with Gasteiger partial charge in [-0.2, -0.15) is 0 Å². The van der Waals surface area contributed by atoms with Crippen LogP contribution in [0.15, 0.2) is 170 Å². The predicted molar refractivity (Wildman–Crippen MR) is 208 cm³/mol. The molecule has 0 saturated carbocycles. The Kier molecular flexibility index (Phi) is 7.63. The fraction of sp³-hybridized carbons (Fsp3) is 0.0217. The van der Waals surface area contributed by atoms with E-state index in [0.717, 1.165) is 89.1 Å². The summed E-state index contributed by atoms with van der Waals surface area (Å²) in [5.74, 6) is 0.676. The van der Waals surface area contributed by atoms with E-state index in [1.807, 2.05) is 60.8 Å². The summed E-state index contributed by atoms with van der Waals surface area (Å²) in [7, 11) is 0. The van der Waals surface area contributed by atoms with Crippen LogP contribution in [0.3, 0.4) is 0 Å². The Balaban J connectivity index is 1.05. The summed E-state index contributed by atoms with van der Waals surface area (Å²) in [6.45, 7) is 2.05. The van der Waals surface area contributed by atoms with E-state index in [2.05, 4.69) is 115 Å². The van der Waals surface area contributed by atoms with Crippen molar-refractivity contribution < 1.29 is 0 Å². The second-order valence-corrected chi connectivity index (χ2v) is 12.6. The molecular weight excluding hydrogens is 623 g/mol. The van der Waals surface area contributed by atoms with Crippen LogP contribution in [0, 0.1) is 6.92 Å². The molecule has 5 nitrogen and oxygen atoms in total. The summed E-state index contributed by atoms with van der Waals surface area (Å²) >= 11 is 0. The highest BCUT2D eigenvalue weighted by Crippen LogP contribution is 2.35. The molecule has 0 aliphatic heterocycles. The first-order chi connectivity index (χ1) is 25.2. The number of aromatic nitrogens is 5. The monoisotopic (exact) mass is 653 g/mol. The average Bonchev–Trinajstić information content (AvgIpc) is 3.21. The number of fused-ring (bicyclic) bond motifs is 3. The molecule has 5 aromatic carbocycles. The number of nitrogens with zero attached hydrogens (tertiary/aromatic N) is 5. The van der Waals surface area contributed by atoms with E-state index in [9.17, 15) is 0 Å². The van der Waals surface area contributed by atoms with Gasteiger partial charge in [0.2, 0.25) is 0 Å². The van der Waals surface area contributed by atoms with E-state index in [0.29, 0.717) is 5.82 Å². The van der Waals surface area contributed by atoms with Gasteiger partial charge in [-0.1, -0.05) is 127 Å². The maximum absolute atomic E-state index is 5.10. The molecule has 0 saturated heterocycles. The predicted octanol–water partition coefficient (Wildman–Crippen LogP) is 11.3. The smallest absolute Gasteiger partial charge is 0.160 e. The van der Waals surface area contributed by atoms with Crippen LogP contribution in [0.5, 0.6) is 0 Å². The summed E-state index contributed by atoms with van der Waals surface area (Å²) in [5, 5.41) is 2.17. The summed E-state index contributed by atoms with van der Waals surface area (Å²) in [6, 6.07) is 54.4. The zero-order valence-corrected chi connectivity index (χ0v) is 27.9. The number of pyridine rings is 3. The first-order valence-corrected chi connectivity index (χ1v) is 17.0. The molecule has 0 unspecified atom stereocenters. The minimum Gasteiger partial charge on any atom is -0.264 e. The third-order valence-corrected chi connectivity index (χ3v) is 9.26. The molecule has 4 heterocycles. The highest BCUT2D eigenvalue weighted by atomic mass is 14.9. The van der Waals surface area contributed by atoms with Crippen molar-refractivity contribution in [1.29, 1.82) is 0 Å². The van der Waals surface area contributed by atoms with Crippen LogP contribution < -0.4 is 0 Å². The standard InChI is InChI=1S/C46H31N5/c1-30-27-40(39-24-22-36-23-25-41(34-9-4-2-5-10-34)49-44(36)45(39)48-30)33-18-14-31(15-19-33)32-16-20-37(21-17-32)46-50-42(35-11-6-3-7-12-35)28-43(51-46)38-13-8-26-47-29-38/h2-29H,1H3. The Labute approximate surface area is 296 Å². The van der Waals surface area contributed by atoms with Gasteiger partial charge in [0.25, 0.3) is 0 Å². The third-order valence-electron chi connectivity index (χ3n) is 9.26. The molecule has 0 radical (unpaired) electrons. The highest BCUT2D eigenvalue weighted by Gasteiger charge is 2.14. The van der Waals surface area contributed by atoms with Gasteiger partial charge in [0, 0.05) is 51.1 Å². The highest BCUT2D eigenvalue weighted by molar-refractivity contribution is 6.08. The van der Waals surface area contributed by atoms with Gasteiger partial charge < -0.3 is 0 Å². The van der Waals surface area contributed by atoms with Gasteiger partial charge in [-0.05, 0) is 59.5 Å². The van der Waals surface area contributed by atoms with E-state index < -0.39 is 0 Å². The van der Waals surface area contributed by atoms with Crippen LogP contribution in [-0.4, -0.2) is 24.9 Å². The Bertz CT molecular complexity index is 2600. The second-order valence-electron chi connectivity index (χ2n) is 12.6. The van der Waals surface area contributed by atoms with Crippen molar-refractivity contribution in [2.75, 3.05) is 0 Å². The fourth-order valence-corrected chi connectivity index (χ4v) is 6.66. The molecule has 240 valence electrons. The first kappa shape index (κ1) is 30.2. The van der Waals surface area contributed by atoms with Crippen molar-refractivity contribution in [3.8, 4) is 67.4 Å². The maximum Gasteiger partial charge on any atom is 0.160 e. The normalized spacial score (nSPS) is 11.2. The Morgan fingerprint density at radius 2 is 0.980 bits per heavy atom. The van der Waals surface area contributed by atoms with Crippen molar-refractivity contribution >= 4 is 21.8 Å². The Morgan fingerprint density at radius 1 is 0.392 bits per heavy atom. The quantitative estimate of drug-likeness (QED) is 0.167. The molecule has 0 bridgehead atoms. The summed E-state index contributed by atoms with van der Waals surface area (Å²) in [5.41, 5.74) is 14.0. The van der Waals surface area contributed by atoms with E-state index in [1.165, 1.54) is 0 Å². The molecule has 0 fully saturated rings. The molecule has 9 rings (SSSR count). The molecule has 4 aromatic heterocycles. The lowest BCUT2D eigenvalue weighted by Crippen LogP contribution is -1.96. The second kappa shape index (κ2) is 12.9. The van der Waals surface area contributed by atoms with Crippen LogP contribution in [0.1, 0.15) is 5.69 Å². The molecule has 9 aromatic rings. The zero-order chi connectivity index (χ0) is 34.1. The van der Waals surface area contributed by atoms with Crippen molar-refractivity contribution in [2.45, 2.75) is 6.92 Å². The van der Waals surface area contributed by atoms with Crippen molar-refractivity contribution in [1.82, 2.24) is 24.9 Å². The van der Waals surface area contributed by atoms with Crippen LogP contribution in [0.4, 0.5) is 0 Å². The minimum absolute atomic E-state index is 0.676. The van der Waals surface area contributed by atoms with E-state index in [-0.39, 0.29) is 0 Å². The Morgan fingerprint density at radius 3 is 1.65 bits per heavy atom. The number of hydrogen-bond donors (Lipinski definition) is 0. The van der Waals surface area contributed by atoms with Gasteiger partial charge in [0.1, 0.15) is 0 Å². The topological polar surface area (TPSA) is 64.5 Å². The summed E-state index contributed by atoms with van der Waals surface area (Å²) < 4.78 is 0. The molecule has 51 heavy (non-hydrogen) atoms. The molecule has 0 atom stereocenters. The minimum atomic E-state index is 0.676. The Hall–Kier alpha value is -6.85. The molecule has 0 spiro atoms. The van der Waals surface area contributed by atoms with Crippen LogP contribution in [0.25, 0.3) is 89.2 Å². The van der Waals surface area contributed by atoms with Gasteiger partial charge in [-0.25, -0.2) is 15.0 Å². The third kappa shape index (κ3) is 5.91. The molecular formula is C46H31N5. The van der Waals surface area contributed by atoms with Crippen molar-refractivity contribution in [3.05, 3.63) is 176 Å². The lowest BCUT2D eigenvalue weighted by molar-refractivity contribution is 1.18. The molecule has 5 heteroatoms. The van der Waals surface area contributed by atoms with Crippen molar-refractivity contribution in [2.24, 2.45) is 0 Å². The molecule has 0 amide bonds. The lowest BCUT2D eigenvalue weighted by atomic mass is 9.96. The number of rotatable bonds is 6. The van der Waals surface area contributed by atoms with Crippen molar-refractivity contribution in [3.63, 3.8) is 0 Å². The summed E-state index contributed by atoms with van der Waals surface area (Å²) in [6.07, 6.45) is 3.61. The van der Waals surface area contributed by atoms with Crippen LogP contribution in [0.2, 0.25) is 0 Å². The number of aryl methyl sites for hydroxylation is 1. The maximum atomic E-state index is 5.10. The van der Waals surface area contributed by atoms with Gasteiger partial charge >= 0.3 is 0 Å². The number of benzene rings is 5. The van der Waals surface area contributed by atoms with Crippen LogP contribution in [-0.2, 0) is 0 Å². The van der Waals surface area contributed by atoms with E-state index in [4.69, 9.17) is 19.9 Å². The SMILES string of the molecule is Cc1cc(-c2ccc(-c3ccc(-c4nc(-c5ccccc5)cc(-c5cccnc5)n4)cc3)cc2)c2ccc3ccc(-c4ccccc4)nc3c2n1. The van der Waals surface area contributed by atoms with Gasteiger partial charge in [-0.15, -0.1) is 0 Å². The fourth-order valence-electron chi connectivity index (χ4n) is 6.66. The zero-order valence-electron chi connectivity index (χ0n) is 27.9.